The van der Waals surface area contributed by atoms with Gasteiger partial charge in [-0.05, 0) is 24.1 Å². The van der Waals surface area contributed by atoms with Crippen LogP contribution in [0, 0.1) is 0 Å². The molecular weight excluding hydrogens is 376 g/mol. The highest BCUT2D eigenvalue weighted by Gasteiger charge is 2.27. The lowest BCUT2D eigenvalue weighted by Crippen LogP contribution is -2.39. The molecule has 0 aliphatic carbocycles. The molecule has 6 nitrogen and oxygen atoms in total. The van der Waals surface area contributed by atoms with E-state index in [1.807, 2.05) is 30.3 Å². The molecule has 0 spiro atoms. The van der Waals surface area contributed by atoms with E-state index in [1.165, 1.54) is 21.3 Å². The molecule has 1 amide bonds. The molecule has 1 heterocycles. The van der Waals surface area contributed by atoms with Crippen molar-refractivity contribution in [2.24, 2.45) is 4.99 Å². The highest BCUT2D eigenvalue weighted by molar-refractivity contribution is 8.13. The number of carbonyl (C=O) groups is 1. The summed E-state index contributed by atoms with van der Waals surface area (Å²) in [4.78, 5) is 19.7. The van der Waals surface area contributed by atoms with Gasteiger partial charge in [-0.1, -0.05) is 42.1 Å². The Labute approximate surface area is 169 Å². The molecule has 0 bridgehead atoms. The van der Waals surface area contributed by atoms with Gasteiger partial charge in [-0.25, -0.2) is 0 Å². The topological polar surface area (TPSA) is 60.4 Å². The summed E-state index contributed by atoms with van der Waals surface area (Å²) in [5.41, 5.74) is 1.59. The van der Waals surface area contributed by atoms with Crippen LogP contribution in [0.1, 0.15) is 22.3 Å². The molecule has 1 fully saturated rings. The lowest BCUT2D eigenvalue weighted by molar-refractivity contribution is 0.0848. The minimum atomic E-state index is -0.127. The van der Waals surface area contributed by atoms with Gasteiger partial charge in [0, 0.05) is 17.9 Å². The van der Waals surface area contributed by atoms with E-state index in [0.29, 0.717) is 35.9 Å². The van der Waals surface area contributed by atoms with E-state index in [1.54, 1.807) is 28.8 Å². The van der Waals surface area contributed by atoms with Crippen LogP contribution in [-0.2, 0) is 6.54 Å². The number of rotatable bonds is 6. The van der Waals surface area contributed by atoms with Crippen molar-refractivity contribution < 1.29 is 19.0 Å². The summed E-state index contributed by atoms with van der Waals surface area (Å²) < 4.78 is 16.1. The molecule has 0 radical (unpaired) electrons. The van der Waals surface area contributed by atoms with Crippen LogP contribution in [0.25, 0.3) is 0 Å². The van der Waals surface area contributed by atoms with Crippen molar-refractivity contribution in [3.63, 3.8) is 0 Å². The van der Waals surface area contributed by atoms with Crippen molar-refractivity contribution >= 4 is 22.8 Å². The number of hydrogen-bond donors (Lipinski definition) is 0. The van der Waals surface area contributed by atoms with E-state index >= 15 is 0 Å². The fourth-order valence-electron chi connectivity index (χ4n) is 2.98. The van der Waals surface area contributed by atoms with Crippen molar-refractivity contribution in [2.75, 3.05) is 33.6 Å². The molecule has 7 heteroatoms. The predicted octanol–water partition coefficient (Wildman–Crippen LogP) is 3.85. The molecule has 1 saturated heterocycles. The summed E-state index contributed by atoms with van der Waals surface area (Å²) >= 11 is 1.61. The van der Waals surface area contributed by atoms with E-state index in [-0.39, 0.29) is 5.91 Å². The number of carbonyl (C=O) groups excluding carboxylic acids is 1. The fourth-order valence-corrected chi connectivity index (χ4v) is 3.92. The fraction of sp³-hybridized carbons (Fsp3) is 0.333. The van der Waals surface area contributed by atoms with Crippen LogP contribution < -0.4 is 14.2 Å². The molecular formula is C21H24N2O4S. The van der Waals surface area contributed by atoms with Crippen molar-refractivity contribution in [2.45, 2.75) is 13.0 Å². The Morgan fingerprint density at radius 3 is 2.36 bits per heavy atom. The maximum atomic E-state index is 13.2. The molecule has 0 aromatic heterocycles. The molecule has 2 aromatic carbocycles. The number of amidine groups is 1. The normalized spacial score (nSPS) is 15.4. The van der Waals surface area contributed by atoms with E-state index in [9.17, 15) is 4.79 Å². The number of thioether (sulfide) groups is 1. The first-order valence-electron chi connectivity index (χ1n) is 9.01. The van der Waals surface area contributed by atoms with Crippen molar-refractivity contribution in [3.8, 4) is 17.2 Å². The largest absolute Gasteiger partial charge is 0.493 e. The summed E-state index contributed by atoms with van der Waals surface area (Å²) in [5, 5.41) is 0.744. The van der Waals surface area contributed by atoms with Crippen molar-refractivity contribution in [3.05, 3.63) is 53.6 Å². The summed E-state index contributed by atoms with van der Waals surface area (Å²) in [6.45, 7) is 1.18. The second kappa shape index (κ2) is 9.50. The third-order valence-electron chi connectivity index (χ3n) is 4.38. The first-order valence-corrected chi connectivity index (χ1v) is 9.99. The van der Waals surface area contributed by atoms with Gasteiger partial charge in [0.25, 0.3) is 5.91 Å². The molecule has 3 rings (SSSR count). The van der Waals surface area contributed by atoms with E-state index < -0.39 is 0 Å². The number of amides is 1. The van der Waals surface area contributed by atoms with Crippen LogP contribution in [0.5, 0.6) is 17.2 Å². The minimum absolute atomic E-state index is 0.127. The molecule has 0 saturated carbocycles. The van der Waals surface area contributed by atoms with Crippen LogP contribution in [0.2, 0.25) is 0 Å². The Morgan fingerprint density at radius 2 is 1.75 bits per heavy atom. The lowest BCUT2D eigenvalue weighted by Gasteiger charge is -2.28. The Kier molecular flexibility index (Phi) is 6.81. The third-order valence-corrected chi connectivity index (χ3v) is 5.49. The maximum absolute atomic E-state index is 13.2. The molecule has 0 atom stereocenters. The van der Waals surface area contributed by atoms with Gasteiger partial charge in [0.05, 0.1) is 27.9 Å². The van der Waals surface area contributed by atoms with E-state index in [4.69, 9.17) is 19.2 Å². The Bertz CT molecular complexity index is 830. The average Bonchev–Trinajstić information content (AvgIpc) is 2.77. The number of ether oxygens (including phenoxy) is 3. The number of hydrogen-bond acceptors (Lipinski definition) is 6. The van der Waals surface area contributed by atoms with Crippen molar-refractivity contribution in [1.29, 1.82) is 0 Å². The lowest BCUT2D eigenvalue weighted by atomic mass is 10.1. The summed E-state index contributed by atoms with van der Waals surface area (Å²) in [5.74, 6) is 2.20. The van der Waals surface area contributed by atoms with Gasteiger partial charge in [0.2, 0.25) is 5.75 Å². The Morgan fingerprint density at radius 1 is 1.07 bits per heavy atom. The molecule has 0 unspecified atom stereocenters. The average molecular weight is 401 g/mol. The molecule has 148 valence electrons. The monoisotopic (exact) mass is 400 g/mol. The van der Waals surface area contributed by atoms with Crippen LogP contribution in [0.15, 0.2) is 47.5 Å². The zero-order chi connectivity index (χ0) is 19.9. The maximum Gasteiger partial charge on any atom is 0.260 e. The molecule has 0 N–H and O–H groups in total. The second-order valence-electron chi connectivity index (χ2n) is 6.16. The predicted molar refractivity (Wildman–Crippen MR) is 112 cm³/mol. The highest BCUT2D eigenvalue weighted by Crippen LogP contribution is 2.38. The van der Waals surface area contributed by atoms with Gasteiger partial charge in [0.1, 0.15) is 0 Å². The SMILES string of the molecule is COc1cc(C(=O)N2CCCSC2=NCc2ccccc2)cc(OC)c1OC. The number of nitrogens with zero attached hydrogens (tertiary/aromatic N) is 2. The van der Waals surface area contributed by atoms with Gasteiger partial charge in [0.15, 0.2) is 16.7 Å². The van der Waals surface area contributed by atoms with Crippen LogP contribution >= 0.6 is 11.8 Å². The second-order valence-corrected chi connectivity index (χ2v) is 7.22. The first kappa shape index (κ1) is 20.1. The number of aliphatic imine (C=N–C) groups is 1. The zero-order valence-corrected chi connectivity index (χ0v) is 17.1. The van der Waals surface area contributed by atoms with Crippen molar-refractivity contribution in [1.82, 2.24) is 4.90 Å². The zero-order valence-electron chi connectivity index (χ0n) is 16.3. The van der Waals surface area contributed by atoms with E-state index in [0.717, 1.165) is 22.9 Å². The van der Waals surface area contributed by atoms with Gasteiger partial charge >= 0.3 is 0 Å². The smallest absolute Gasteiger partial charge is 0.260 e. The molecule has 1 aliphatic heterocycles. The van der Waals surface area contributed by atoms with Crippen LogP contribution in [0.3, 0.4) is 0 Å². The van der Waals surface area contributed by atoms with Gasteiger partial charge in [-0.2, -0.15) is 0 Å². The van der Waals surface area contributed by atoms with Crippen LogP contribution in [-0.4, -0.2) is 49.6 Å². The highest BCUT2D eigenvalue weighted by atomic mass is 32.2. The van der Waals surface area contributed by atoms with Gasteiger partial charge in [-0.15, -0.1) is 0 Å². The first-order chi connectivity index (χ1) is 13.7. The molecule has 1 aliphatic rings. The van der Waals surface area contributed by atoms with Crippen LogP contribution in [0.4, 0.5) is 0 Å². The Hall–Kier alpha value is -2.67. The van der Waals surface area contributed by atoms with Gasteiger partial charge < -0.3 is 14.2 Å². The molecule has 28 heavy (non-hydrogen) atoms. The van der Waals surface area contributed by atoms with Gasteiger partial charge in [-0.3, -0.25) is 14.7 Å². The number of methoxy groups -OCH3 is 3. The summed E-state index contributed by atoms with van der Waals surface area (Å²) in [6, 6.07) is 13.4. The summed E-state index contributed by atoms with van der Waals surface area (Å²) in [7, 11) is 4.61. The third kappa shape index (κ3) is 4.42. The Balaban J connectivity index is 1.88. The summed E-state index contributed by atoms with van der Waals surface area (Å²) in [6.07, 6.45) is 0.922. The molecule has 2 aromatic rings. The number of benzene rings is 2. The standard InChI is InChI=1S/C21H24N2O4S/c1-25-17-12-16(13-18(26-2)19(17)27-3)20(24)23-10-7-11-28-21(23)22-14-15-8-5-4-6-9-15/h4-6,8-9,12-13H,7,10-11,14H2,1-3H3. The minimum Gasteiger partial charge on any atom is -0.493 e. The quantitative estimate of drug-likeness (QED) is 0.737. The van der Waals surface area contributed by atoms with E-state index in [2.05, 4.69) is 0 Å².